The van der Waals surface area contributed by atoms with Gasteiger partial charge >= 0.3 is 0 Å². The Morgan fingerprint density at radius 3 is 2.50 bits per heavy atom. The van der Waals surface area contributed by atoms with Crippen molar-refractivity contribution >= 4 is 5.91 Å². The lowest BCUT2D eigenvalue weighted by molar-refractivity contribution is 0.0995. The number of nitrogens with one attached hydrogen (secondary N) is 1. The first-order valence-electron chi connectivity index (χ1n) is 7.62. The molecule has 2 aromatic rings. The normalized spacial score (nSPS) is 13.5. The molecule has 0 fully saturated rings. The first-order valence-corrected chi connectivity index (χ1v) is 7.62. The lowest BCUT2D eigenvalue weighted by Gasteiger charge is -2.20. The molecule has 2 rings (SSSR count). The Morgan fingerprint density at radius 2 is 1.91 bits per heavy atom. The van der Waals surface area contributed by atoms with Crippen LogP contribution in [0.5, 0.6) is 0 Å². The van der Waals surface area contributed by atoms with E-state index in [4.69, 9.17) is 5.73 Å². The van der Waals surface area contributed by atoms with Crippen molar-refractivity contribution in [2.75, 3.05) is 0 Å². The van der Waals surface area contributed by atoms with Gasteiger partial charge in [0.25, 0.3) is 5.91 Å². The van der Waals surface area contributed by atoms with E-state index in [1.54, 1.807) is 12.3 Å². The first-order chi connectivity index (χ1) is 10.6. The van der Waals surface area contributed by atoms with Crippen molar-refractivity contribution in [2.45, 2.75) is 38.8 Å². The fraction of sp³-hybridized carbons (Fsp3) is 0.333. The second-order valence-corrected chi connectivity index (χ2v) is 5.65. The second kappa shape index (κ2) is 7.71. The van der Waals surface area contributed by atoms with Gasteiger partial charge in [-0.05, 0) is 43.9 Å². The minimum atomic E-state index is -0.488. The largest absolute Gasteiger partial charge is 0.364 e. The van der Waals surface area contributed by atoms with Gasteiger partial charge in [0.2, 0.25) is 0 Å². The number of carbonyl (C=O) groups excluding carboxylic acids is 1. The molecule has 4 nitrogen and oxygen atoms in total. The van der Waals surface area contributed by atoms with Gasteiger partial charge < -0.3 is 11.1 Å². The lowest BCUT2D eigenvalue weighted by atomic mass is 10.0. The van der Waals surface area contributed by atoms with Crippen LogP contribution < -0.4 is 11.1 Å². The number of primary amides is 1. The Kier molecular flexibility index (Phi) is 5.67. The Morgan fingerprint density at radius 1 is 1.18 bits per heavy atom. The van der Waals surface area contributed by atoms with E-state index in [9.17, 15) is 4.79 Å². The quantitative estimate of drug-likeness (QED) is 0.825. The molecule has 1 aromatic heterocycles. The van der Waals surface area contributed by atoms with E-state index in [1.165, 1.54) is 5.56 Å². The van der Waals surface area contributed by atoms with E-state index in [0.717, 1.165) is 18.4 Å². The van der Waals surface area contributed by atoms with Gasteiger partial charge in [0.15, 0.2) is 0 Å². The zero-order valence-electron chi connectivity index (χ0n) is 13.1. The number of rotatable bonds is 7. The predicted octanol–water partition coefficient (Wildman–Crippen LogP) is 2.85. The number of hydrogen-bond donors (Lipinski definition) is 2. The van der Waals surface area contributed by atoms with Crippen LogP contribution in [0.4, 0.5) is 0 Å². The molecule has 116 valence electrons. The summed E-state index contributed by atoms with van der Waals surface area (Å²) in [5.41, 5.74) is 7.91. The van der Waals surface area contributed by atoms with Gasteiger partial charge in [-0.25, -0.2) is 0 Å². The van der Waals surface area contributed by atoms with Crippen LogP contribution in [0.15, 0.2) is 48.7 Å². The van der Waals surface area contributed by atoms with Gasteiger partial charge in [-0.2, -0.15) is 0 Å². The van der Waals surface area contributed by atoms with E-state index in [-0.39, 0.29) is 0 Å². The fourth-order valence-corrected chi connectivity index (χ4v) is 2.45. The molecule has 0 saturated heterocycles. The molecule has 1 unspecified atom stereocenters. The van der Waals surface area contributed by atoms with Crippen molar-refractivity contribution in [3.63, 3.8) is 0 Å². The molecule has 1 heterocycles. The number of amides is 1. The highest BCUT2D eigenvalue weighted by Crippen LogP contribution is 2.13. The van der Waals surface area contributed by atoms with Gasteiger partial charge in [0.1, 0.15) is 5.69 Å². The Hall–Kier alpha value is -2.20. The topological polar surface area (TPSA) is 68.0 Å². The average Bonchev–Trinajstić information content (AvgIpc) is 2.54. The lowest BCUT2D eigenvalue weighted by Crippen LogP contribution is -2.29. The van der Waals surface area contributed by atoms with Crippen LogP contribution in [0.25, 0.3) is 0 Å². The molecule has 2 atom stereocenters. The molecule has 1 amide bonds. The van der Waals surface area contributed by atoms with Gasteiger partial charge in [0, 0.05) is 18.3 Å². The highest BCUT2D eigenvalue weighted by atomic mass is 16.1. The molecule has 3 N–H and O–H groups in total. The maximum Gasteiger partial charge on any atom is 0.267 e. The smallest absolute Gasteiger partial charge is 0.267 e. The molecule has 0 bridgehead atoms. The summed E-state index contributed by atoms with van der Waals surface area (Å²) in [5, 5.41) is 3.60. The van der Waals surface area contributed by atoms with Gasteiger partial charge in [-0.1, -0.05) is 36.4 Å². The Labute approximate surface area is 131 Å². The first kappa shape index (κ1) is 16.2. The molecule has 22 heavy (non-hydrogen) atoms. The summed E-state index contributed by atoms with van der Waals surface area (Å²) in [6.07, 6.45) is 3.66. The summed E-state index contributed by atoms with van der Waals surface area (Å²) < 4.78 is 0. The number of aromatic nitrogens is 1. The van der Waals surface area contributed by atoms with E-state index in [1.807, 2.05) is 12.1 Å². The third kappa shape index (κ3) is 4.67. The minimum absolute atomic E-state index is 0.313. The summed E-state index contributed by atoms with van der Waals surface area (Å²) in [6, 6.07) is 14.7. The summed E-state index contributed by atoms with van der Waals surface area (Å²) in [6.45, 7) is 4.36. The average molecular weight is 297 g/mol. The number of nitrogens with zero attached hydrogens (tertiary/aromatic N) is 1. The molecular formula is C18H23N3O. The summed E-state index contributed by atoms with van der Waals surface area (Å²) in [4.78, 5) is 15.1. The van der Waals surface area contributed by atoms with Crippen LogP contribution in [0.3, 0.4) is 0 Å². The van der Waals surface area contributed by atoms with E-state index < -0.39 is 5.91 Å². The zero-order chi connectivity index (χ0) is 15.9. The third-order valence-electron chi connectivity index (χ3n) is 3.78. The van der Waals surface area contributed by atoms with Crippen molar-refractivity contribution in [1.82, 2.24) is 10.3 Å². The van der Waals surface area contributed by atoms with Crippen molar-refractivity contribution in [3.8, 4) is 0 Å². The van der Waals surface area contributed by atoms with Crippen LogP contribution in [-0.2, 0) is 6.42 Å². The summed E-state index contributed by atoms with van der Waals surface area (Å²) in [5.74, 6) is -0.488. The number of aryl methyl sites for hydroxylation is 1. The maximum absolute atomic E-state index is 11.0. The van der Waals surface area contributed by atoms with Gasteiger partial charge in [-0.3, -0.25) is 9.78 Å². The monoisotopic (exact) mass is 297 g/mol. The van der Waals surface area contributed by atoms with Crippen molar-refractivity contribution < 1.29 is 4.79 Å². The highest BCUT2D eigenvalue weighted by Gasteiger charge is 2.09. The van der Waals surface area contributed by atoms with Crippen molar-refractivity contribution in [3.05, 3.63) is 65.5 Å². The number of carbonyl (C=O) groups is 1. The van der Waals surface area contributed by atoms with E-state index >= 15 is 0 Å². The van der Waals surface area contributed by atoms with Crippen molar-refractivity contribution in [2.24, 2.45) is 5.73 Å². The van der Waals surface area contributed by atoms with E-state index in [2.05, 4.69) is 48.4 Å². The summed E-state index contributed by atoms with van der Waals surface area (Å²) >= 11 is 0. The molecule has 0 aliphatic rings. The molecular weight excluding hydrogens is 274 g/mol. The van der Waals surface area contributed by atoms with Crippen LogP contribution in [0.2, 0.25) is 0 Å². The second-order valence-electron chi connectivity index (χ2n) is 5.65. The van der Waals surface area contributed by atoms with E-state index in [0.29, 0.717) is 17.8 Å². The number of hydrogen-bond acceptors (Lipinski definition) is 3. The predicted molar refractivity (Wildman–Crippen MR) is 88.5 cm³/mol. The SMILES string of the molecule is CC(CCc1ccc(C(N)=O)nc1)N[C@@H](C)c1ccccc1. The Balaban J connectivity index is 1.82. The van der Waals surface area contributed by atoms with Gasteiger partial charge in [0.05, 0.1) is 0 Å². The maximum atomic E-state index is 11.0. The molecule has 4 heteroatoms. The fourth-order valence-electron chi connectivity index (χ4n) is 2.45. The van der Waals surface area contributed by atoms with Crippen LogP contribution in [0.1, 0.15) is 47.9 Å². The number of nitrogens with two attached hydrogens (primary N) is 1. The third-order valence-corrected chi connectivity index (χ3v) is 3.78. The number of benzene rings is 1. The molecule has 0 aliphatic carbocycles. The van der Waals surface area contributed by atoms with Crippen LogP contribution in [-0.4, -0.2) is 16.9 Å². The molecule has 0 radical (unpaired) electrons. The minimum Gasteiger partial charge on any atom is -0.364 e. The molecule has 0 saturated carbocycles. The molecule has 1 aromatic carbocycles. The van der Waals surface area contributed by atoms with Gasteiger partial charge in [-0.15, -0.1) is 0 Å². The number of pyridine rings is 1. The molecule has 0 spiro atoms. The van der Waals surface area contributed by atoms with Crippen LogP contribution >= 0.6 is 0 Å². The van der Waals surface area contributed by atoms with Crippen LogP contribution in [0, 0.1) is 0 Å². The summed E-state index contributed by atoms with van der Waals surface area (Å²) in [7, 11) is 0. The Bertz CT molecular complexity index is 595. The standard InChI is InChI=1S/C18H23N3O/c1-13(21-14(2)16-6-4-3-5-7-16)8-9-15-10-11-17(18(19)22)20-12-15/h3-7,10-14,21H,8-9H2,1-2H3,(H2,19,22)/t13?,14-/m0/s1. The molecule has 0 aliphatic heterocycles. The highest BCUT2D eigenvalue weighted by molar-refractivity contribution is 5.90. The zero-order valence-corrected chi connectivity index (χ0v) is 13.1. The van der Waals surface area contributed by atoms with Crippen molar-refractivity contribution in [1.29, 1.82) is 0 Å².